The van der Waals surface area contributed by atoms with E-state index in [1.54, 1.807) is 13.8 Å². The molecule has 1 rings (SSSR count). The molecule has 0 atom stereocenters. The van der Waals surface area contributed by atoms with Crippen molar-refractivity contribution in [2.24, 2.45) is 0 Å². The first-order valence-corrected chi connectivity index (χ1v) is 5.87. The van der Waals surface area contributed by atoms with E-state index in [-0.39, 0.29) is 5.91 Å². The summed E-state index contributed by atoms with van der Waals surface area (Å²) in [6, 6.07) is 0. The summed E-state index contributed by atoms with van der Waals surface area (Å²) in [5.74, 6) is -0.115. The number of halogens is 1. The molecular formula is C8H12BrN3OS. The van der Waals surface area contributed by atoms with E-state index in [0.29, 0.717) is 5.13 Å². The molecule has 0 fully saturated rings. The van der Waals surface area contributed by atoms with Crippen LogP contribution in [0.1, 0.15) is 25.8 Å². The minimum absolute atomic E-state index is 0.115. The van der Waals surface area contributed by atoms with Crippen molar-refractivity contribution in [1.29, 1.82) is 0 Å². The zero-order valence-electron chi connectivity index (χ0n) is 8.30. The molecule has 1 aromatic rings. The third-order valence-electron chi connectivity index (χ3n) is 1.53. The fraction of sp³-hybridized carbons (Fsp3) is 0.625. The highest BCUT2D eigenvalue weighted by Gasteiger charge is 2.24. The fourth-order valence-corrected chi connectivity index (χ4v) is 1.47. The number of aryl methyl sites for hydroxylation is 1. The van der Waals surface area contributed by atoms with Crippen LogP contribution in [0.4, 0.5) is 5.13 Å². The van der Waals surface area contributed by atoms with Gasteiger partial charge >= 0.3 is 0 Å². The number of amides is 1. The average molecular weight is 278 g/mol. The van der Waals surface area contributed by atoms with Crippen molar-refractivity contribution >= 4 is 38.3 Å². The first-order chi connectivity index (χ1) is 6.43. The Labute approximate surface area is 95.2 Å². The molecule has 0 bridgehead atoms. The number of rotatable bonds is 3. The van der Waals surface area contributed by atoms with E-state index in [2.05, 4.69) is 31.4 Å². The Morgan fingerprint density at radius 3 is 2.64 bits per heavy atom. The molecule has 78 valence electrons. The number of carbonyl (C=O) groups is 1. The second-order valence-electron chi connectivity index (χ2n) is 3.28. The van der Waals surface area contributed by atoms with Gasteiger partial charge in [-0.1, -0.05) is 34.2 Å². The van der Waals surface area contributed by atoms with E-state index in [4.69, 9.17) is 0 Å². The van der Waals surface area contributed by atoms with Gasteiger partial charge in [-0.3, -0.25) is 10.1 Å². The molecule has 0 aliphatic heterocycles. The molecule has 6 heteroatoms. The first kappa shape index (κ1) is 11.6. The number of alkyl halides is 1. The van der Waals surface area contributed by atoms with E-state index < -0.39 is 4.32 Å². The molecule has 0 radical (unpaired) electrons. The summed E-state index contributed by atoms with van der Waals surface area (Å²) in [6.07, 6.45) is 0.839. The maximum Gasteiger partial charge on any atom is 0.242 e. The summed E-state index contributed by atoms with van der Waals surface area (Å²) in [4.78, 5) is 11.5. The van der Waals surface area contributed by atoms with Crippen LogP contribution in [0.5, 0.6) is 0 Å². The van der Waals surface area contributed by atoms with Gasteiger partial charge in [0.05, 0.1) is 4.32 Å². The third-order valence-corrected chi connectivity index (χ3v) is 2.87. The average Bonchev–Trinajstić information content (AvgIpc) is 2.50. The lowest BCUT2D eigenvalue weighted by Crippen LogP contribution is -2.30. The molecular weight excluding hydrogens is 266 g/mol. The molecule has 0 spiro atoms. The predicted molar refractivity (Wildman–Crippen MR) is 60.9 cm³/mol. The summed E-state index contributed by atoms with van der Waals surface area (Å²) in [6.45, 7) is 5.56. The van der Waals surface area contributed by atoms with Gasteiger partial charge in [-0.25, -0.2) is 0 Å². The van der Waals surface area contributed by atoms with Crippen LogP contribution in [0.15, 0.2) is 0 Å². The smallest absolute Gasteiger partial charge is 0.242 e. The van der Waals surface area contributed by atoms with Crippen LogP contribution in [-0.2, 0) is 11.2 Å². The monoisotopic (exact) mass is 277 g/mol. The number of hydrogen-bond acceptors (Lipinski definition) is 4. The molecule has 0 saturated heterocycles. The van der Waals surface area contributed by atoms with Gasteiger partial charge in [0.2, 0.25) is 11.0 Å². The Morgan fingerprint density at radius 1 is 1.57 bits per heavy atom. The van der Waals surface area contributed by atoms with E-state index in [9.17, 15) is 4.79 Å². The molecule has 1 heterocycles. The quantitative estimate of drug-likeness (QED) is 0.862. The van der Waals surface area contributed by atoms with Gasteiger partial charge in [0.15, 0.2) is 0 Å². The van der Waals surface area contributed by atoms with Crippen molar-refractivity contribution in [2.75, 3.05) is 5.32 Å². The summed E-state index contributed by atoms with van der Waals surface area (Å²) >= 11 is 4.67. The van der Waals surface area contributed by atoms with Crippen LogP contribution < -0.4 is 5.32 Å². The SMILES string of the molecule is CCc1nnc(NC(=O)C(C)(C)Br)s1. The van der Waals surface area contributed by atoms with Crippen molar-refractivity contribution in [1.82, 2.24) is 10.2 Å². The van der Waals surface area contributed by atoms with Gasteiger partial charge in [0, 0.05) is 0 Å². The molecule has 1 N–H and O–H groups in total. The van der Waals surface area contributed by atoms with Gasteiger partial charge in [-0.2, -0.15) is 0 Å². The van der Waals surface area contributed by atoms with Crippen molar-refractivity contribution in [3.63, 3.8) is 0 Å². The molecule has 14 heavy (non-hydrogen) atoms. The van der Waals surface area contributed by atoms with Gasteiger partial charge in [0.25, 0.3) is 0 Å². The van der Waals surface area contributed by atoms with Crippen molar-refractivity contribution < 1.29 is 4.79 Å². The van der Waals surface area contributed by atoms with Crippen LogP contribution in [0, 0.1) is 0 Å². The highest BCUT2D eigenvalue weighted by Crippen LogP contribution is 2.21. The molecule has 0 unspecified atom stereocenters. The van der Waals surface area contributed by atoms with Crippen LogP contribution >= 0.6 is 27.3 Å². The Morgan fingerprint density at radius 2 is 2.21 bits per heavy atom. The standard InChI is InChI=1S/C8H12BrN3OS/c1-4-5-11-12-7(14-5)10-6(13)8(2,3)9/h4H2,1-3H3,(H,10,12,13). The number of nitrogens with one attached hydrogen (secondary N) is 1. The van der Waals surface area contributed by atoms with Crippen LogP contribution in [0.2, 0.25) is 0 Å². The lowest BCUT2D eigenvalue weighted by atomic mass is 10.2. The molecule has 4 nitrogen and oxygen atoms in total. The van der Waals surface area contributed by atoms with E-state index in [1.165, 1.54) is 11.3 Å². The topological polar surface area (TPSA) is 54.9 Å². The maximum atomic E-state index is 11.5. The van der Waals surface area contributed by atoms with E-state index in [1.807, 2.05) is 6.92 Å². The number of hydrogen-bond donors (Lipinski definition) is 1. The zero-order valence-corrected chi connectivity index (χ0v) is 10.7. The molecule has 0 saturated carbocycles. The summed E-state index contributed by atoms with van der Waals surface area (Å²) in [5.41, 5.74) is 0. The maximum absolute atomic E-state index is 11.5. The normalized spacial score (nSPS) is 11.4. The van der Waals surface area contributed by atoms with Crippen molar-refractivity contribution in [2.45, 2.75) is 31.5 Å². The summed E-state index contributed by atoms with van der Waals surface area (Å²) in [7, 11) is 0. The highest BCUT2D eigenvalue weighted by atomic mass is 79.9. The number of carbonyl (C=O) groups excluding carboxylic acids is 1. The third kappa shape index (κ3) is 3.02. The zero-order chi connectivity index (χ0) is 10.8. The molecule has 1 aromatic heterocycles. The van der Waals surface area contributed by atoms with Crippen molar-refractivity contribution in [3.8, 4) is 0 Å². The van der Waals surface area contributed by atoms with Crippen LogP contribution in [0.3, 0.4) is 0 Å². The summed E-state index contributed by atoms with van der Waals surface area (Å²) in [5, 5.41) is 11.9. The molecule has 0 aliphatic carbocycles. The second-order valence-corrected chi connectivity index (χ2v) is 6.33. The Bertz CT molecular complexity index is 332. The minimum atomic E-state index is -0.578. The fourth-order valence-electron chi connectivity index (χ4n) is 0.693. The van der Waals surface area contributed by atoms with Crippen molar-refractivity contribution in [3.05, 3.63) is 5.01 Å². The number of anilines is 1. The first-order valence-electron chi connectivity index (χ1n) is 4.26. The van der Waals surface area contributed by atoms with Crippen LogP contribution in [0.25, 0.3) is 0 Å². The van der Waals surface area contributed by atoms with E-state index >= 15 is 0 Å². The Kier molecular flexibility index (Phi) is 3.60. The lowest BCUT2D eigenvalue weighted by molar-refractivity contribution is -0.117. The van der Waals surface area contributed by atoms with E-state index in [0.717, 1.165) is 11.4 Å². The predicted octanol–water partition coefficient (Wildman–Crippen LogP) is 2.21. The molecule has 0 aromatic carbocycles. The molecule has 0 aliphatic rings. The Hall–Kier alpha value is -0.490. The van der Waals surface area contributed by atoms with Gasteiger partial charge < -0.3 is 0 Å². The Balaban J connectivity index is 2.65. The highest BCUT2D eigenvalue weighted by molar-refractivity contribution is 9.10. The summed E-state index contributed by atoms with van der Waals surface area (Å²) < 4.78 is -0.578. The number of aromatic nitrogens is 2. The minimum Gasteiger partial charge on any atom is -0.299 e. The van der Waals surface area contributed by atoms with Gasteiger partial charge in [-0.05, 0) is 20.3 Å². The lowest BCUT2D eigenvalue weighted by Gasteiger charge is -2.13. The van der Waals surface area contributed by atoms with Gasteiger partial charge in [-0.15, -0.1) is 10.2 Å². The number of nitrogens with zero attached hydrogens (tertiary/aromatic N) is 2. The largest absolute Gasteiger partial charge is 0.299 e. The van der Waals surface area contributed by atoms with Gasteiger partial charge in [0.1, 0.15) is 5.01 Å². The second kappa shape index (κ2) is 4.35. The molecule has 1 amide bonds. The van der Waals surface area contributed by atoms with Crippen LogP contribution in [-0.4, -0.2) is 20.4 Å².